The van der Waals surface area contributed by atoms with Gasteiger partial charge in [-0.15, -0.1) is 0 Å². The standard InChI is InChI=1S/C24H13F2N3O2/c25-19-6-1-5-15(18(19)11-27)16-10-17-21(13-31-22-8-2-7-20(26)23(17)22)29(24(16)30)14-4-3-9-28-12-14/h1-10,12H,13H2. The second-order valence-electron chi connectivity index (χ2n) is 6.95. The molecular weight excluding hydrogens is 400 g/mol. The lowest BCUT2D eigenvalue weighted by molar-refractivity contribution is 0.291. The van der Waals surface area contributed by atoms with Gasteiger partial charge in [-0.25, -0.2) is 8.78 Å². The molecule has 5 nitrogen and oxygen atoms in total. The van der Waals surface area contributed by atoms with Crippen LogP contribution in [-0.4, -0.2) is 9.55 Å². The Hall–Kier alpha value is -4.31. The van der Waals surface area contributed by atoms with E-state index >= 15 is 0 Å². The summed E-state index contributed by atoms with van der Waals surface area (Å²) in [7, 11) is 0. The summed E-state index contributed by atoms with van der Waals surface area (Å²) in [5.41, 5.74) is 1.00. The van der Waals surface area contributed by atoms with Gasteiger partial charge in [-0.05, 0) is 36.4 Å². The third-order valence-corrected chi connectivity index (χ3v) is 5.23. The van der Waals surface area contributed by atoms with Crippen molar-refractivity contribution in [2.24, 2.45) is 0 Å². The Balaban J connectivity index is 1.93. The zero-order valence-electron chi connectivity index (χ0n) is 16.0. The molecule has 31 heavy (non-hydrogen) atoms. The Labute approximate surface area is 175 Å². The maximum atomic E-state index is 14.8. The molecule has 0 atom stereocenters. The molecule has 0 N–H and O–H groups in total. The summed E-state index contributed by atoms with van der Waals surface area (Å²) in [6.45, 7) is 0.0322. The molecule has 7 heteroatoms. The molecule has 3 heterocycles. The predicted octanol–water partition coefficient (Wildman–Crippen LogP) is 4.61. The summed E-state index contributed by atoms with van der Waals surface area (Å²) in [4.78, 5) is 17.6. The van der Waals surface area contributed by atoms with E-state index in [9.17, 15) is 18.8 Å². The lowest BCUT2D eigenvalue weighted by Crippen LogP contribution is -2.27. The average Bonchev–Trinajstić information content (AvgIpc) is 2.79. The summed E-state index contributed by atoms with van der Waals surface area (Å²) in [5, 5.41) is 9.49. The highest BCUT2D eigenvalue weighted by Gasteiger charge is 2.27. The number of pyridine rings is 2. The zero-order valence-corrected chi connectivity index (χ0v) is 16.0. The average molecular weight is 413 g/mol. The molecule has 0 fully saturated rings. The van der Waals surface area contributed by atoms with E-state index in [1.165, 1.54) is 41.1 Å². The molecule has 0 radical (unpaired) electrons. The number of hydrogen-bond acceptors (Lipinski definition) is 4. The Bertz CT molecular complexity index is 1440. The van der Waals surface area contributed by atoms with Crippen LogP contribution in [0, 0.1) is 23.0 Å². The van der Waals surface area contributed by atoms with Crippen LogP contribution >= 0.6 is 0 Å². The van der Waals surface area contributed by atoms with Gasteiger partial charge in [0.05, 0.1) is 28.7 Å². The first-order valence-electron chi connectivity index (χ1n) is 9.40. The van der Waals surface area contributed by atoms with E-state index in [4.69, 9.17) is 4.74 Å². The van der Waals surface area contributed by atoms with E-state index in [1.54, 1.807) is 24.4 Å². The van der Waals surface area contributed by atoms with E-state index in [0.717, 1.165) is 6.07 Å². The number of hydrogen-bond donors (Lipinski definition) is 0. The largest absolute Gasteiger partial charge is 0.487 e. The van der Waals surface area contributed by atoms with E-state index < -0.39 is 17.2 Å². The number of fused-ring (bicyclic) bond motifs is 3. The van der Waals surface area contributed by atoms with Crippen LogP contribution in [0.1, 0.15) is 11.3 Å². The molecule has 0 spiro atoms. The van der Waals surface area contributed by atoms with Crippen LogP contribution in [0.5, 0.6) is 5.75 Å². The van der Waals surface area contributed by atoms with E-state index in [0.29, 0.717) is 22.7 Å². The molecule has 1 aliphatic rings. The molecule has 2 aromatic heterocycles. The minimum absolute atomic E-state index is 0.0322. The number of nitriles is 1. The normalized spacial score (nSPS) is 11.8. The minimum atomic E-state index is -0.736. The number of ether oxygens (including phenoxy) is 1. The van der Waals surface area contributed by atoms with E-state index in [1.807, 2.05) is 6.07 Å². The smallest absolute Gasteiger partial charge is 0.263 e. The van der Waals surface area contributed by atoms with Crippen molar-refractivity contribution in [1.82, 2.24) is 9.55 Å². The fraction of sp³-hybridized carbons (Fsp3) is 0.0417. The lowest BCUT2D eigenvalue weighted by Gasteiger charge is -2.25. The van der Waals surface area contributed by atoms with Crippen molar-refractivity contribution in [3.8, 4) is 39.8 Å². The van der Waals surface area contributed by atoms with E-state index in [-0.39, 0.29) is 28.9 Å². The summed E-state index contributed by atoms with van der Waals surface area (Å²) >= 11 is 0. The molecular formula is C24H13F2N3O2. The molecule has 0 saturated heterocycles. The van der Waals surface area contributed by atoms with Crippen molar-refractivity contribution in [3.05, 3.63) is 100 Å². The molecule has 1 aliphatic heterocycles. The number of benzene rings is 2. The number of halogens is 2. The Kier molecular flexibility index (Phi) is 4.33. The summed E-state index contributed by atoms with van der Waals surface area (Å²) < 4.78 is 36.2. The molecule has 150 valence electrons. The van der Waals surface area contributed by atoms with Gasteiger partial charge in [-0.2, -0.15) is 5.26 Å². The summed E-state index contributed by atoms with van der Waals surface area (Å²) in [5.74, 6) is -0.907. The Morgan fingerprint density at radius 2 is 1.81 bits per heavy atom. The van der Waals surface area contributed by atoms with Gasteiger partial charge >= 0.3 is 0 Å². The van der Waals surface area contributed by atoms with Crippen LogP contribution in [-0.2, 0) is 6.61 Å². The first-order valence-corrected chi connectivity index (χ1v) is 9.40. The Morgan fingerprint density at radius 3 is 2.58 bits per heavy atom. The van der Waals surface area contributed by atoms with Gasteiger partial charge in [-0.1, -0.05) is 18.2 Å². The van der Waals surface area contributed by atoms with Crippen LogP contribution < -0.4 is 10.3 Å². The predicted molar refractivity (Wildman–Crippen MR) is 110 cm³/mol. The summed E-state index contributed by atoms with van der Waals surface area (Å²) in [6, 6.07) is 15.3. The first kappa shape index (κ1) is 18.7. The highest BCUT2D eigenvalue weighted by atomic mass is 19.1. The van der Waals surface area contributed by atoms with Crippen LogP contribution in [0.3, 0.4) is 0 Å². The molecule has 0 amide bonds. The molecule has 5 rings (SSSR count). The maximum Gasteiger partial charge on any atom is 0.263 e. The topological polar surface area (TPSA) is 67.9 Å². The molecule has 0 unspecified atom stereocenters. The molecule has 2 aromatic carbocycles. The van der Waals surface area contributed by atoms with Gasteiger partial charge in [0.15, 0.2) is 0 Å². The second-order valence-corrected chi connectivity index (χ2v) is 6.95. The van der Waals surface area contributed by atoms with Crippen molar-refractivity contribution in [3.63, 3.8) is 0 Å². The van der Waals surface area contributed by atoms with Crippen molar-refractivity contribution in [2.45, 2.75) is 6.61 Å². The second kappa shape index (κ2) is 7.18. The fourth-order valence-corrected chi connectivity index (χ4v) is 3.86. The van der Waals surface area contributed by atoms with Crippen LogP contribution in [0.4, 0.5) is 8.78 Å². The van der Waals surface area contributed by atoms with Gasteiger partial charge in [0.1, 0.15) is 30.1 Å². The summed E-state index contributed by atoms with van der Waals surface area (Å²) in [6.07, 6.45) is 3.07. The third kappa shape index (κ3) is 2.89. The van der Waals surface area contributed by atoms with Crippen molar-refractivity contribution < 1.29 is 13.5 Å². The molecule has 0 saturated carbocycles. The first-order chi connectivity index (χ1) is 15.1. The monoisotopic (exact) mass is 413 g/mol. The van der Waals surface area contributed by atoms with Crippen molar-refractivity contribution in [2.75, 3.05) is 0 Å². The zero-order chi connectivity index (χ0) is 21.5. The number of aromatic nitrogens is 2. The number of rotatable bonds is 2. The highest BCUT2D eigenvalue weighted by Crippen LogP contribution is 2.41. The van der Waals surface area contributed by atoms with E-state index in [2.05, 4.69) is 4.98 Å². The lowest BCUT2D eigenvalue weighted by atomic mass is 9.94. The fourth-order valence-electron chi connectivity index (χ4n) is 3.86. The van der Waals surface area contributed by atoms with Gasteiger partial charge in [-0.3, -0.25) is 14.3 Å². The van der Waals surface area contributed by atoms with Crippen LogP contribution in [0.25, 0.3) is 27.9 Å². The van der Waals surface area contributed by atoms with Gasteiger partial charge in [0.25, 0.3) is 5.56 Å². The van der Waals surface area contributed by atoms with Crippen LogP contribution in [0.15, 0.2) is 71.8 Å². The third-order valence-electron chi connectivity index (χ3n) is 5.23. The SMILES string of the molecule is N#Cc1c(F)cccc1-c1cc2c(n(-c3cccnc3)c1=O)COc1cccc(F)c1-2. The highest BCUT2D eigenvalue weighted by molar-refractivity contribution is 5.81. The van der Waals surface area contributed by atoms with Crippen molar-refractivity contribution >= 4 is 0 Å². The van der Waals surface area contributed by atoms with Gasteiger partial charge in [0, 0.05) is 22.9 Å². The molecule has 0 bridgehead atoms. The van der Waals surface area contributed by atoms with Gasteiger partial charge in [0.2, 0.25) is 0 Å². The maximum absolute atomic E-state index is 14.8. The van der Waals surface area contributed by atoms with Gasteiger partial charge < -0.3 is 4.74 Å². The molecule has 4 aromatic rings. The number of nitrogens with zero attached hydrogens (tertiary/aromatic N) is 3. The quantitative estimate of drug-likeness (QED) is 0.481. The molecule has 0 aliphatic carbocycles. The Morgan fingerprint density at radius 1 is 1.00 bits per heavy atom. The van der Waals surface area contributed by atoms with Crippen LogP contribution in [0.2, 0.25) is 0 Å². The minimum Gasteiger partial charge on any atom is -0.487 e. The van der Waals surface area contributed by atoms with Crippen molar-refractivity contribution in [1.29, 1.82) is 5.26 Å².